The van der Waals surface area contributed by atoms with Gasteiger partial charge in [-0.05, 0) is 12.1 Å². The topological polar surface area (TPSA) is 110 Å². The molecule has 0 radical (unpaired) electrons. The van der Waals surface area contributed by atoms with Crippen molar-refractivity contribution in [2.75, 3.05) is 7.11 Å². The fraction of sp³-hybridized carbons (Fsp3) is 0.273. The summed E-state index contributed by atoms with van der Waals surface area (Å²) in [6.45, 7) is 0. The van der Waals surface area contributed by atoms with Crippen molar-refractivity contribution < 1.29 is 24.5 Å². The maximum Gasteiger partial charge on any atom is 0.339 e. The third kappa shape index (κ3) is 4.38. The number of benzene rings is 1. The molecule has 0 aromatic heterocycles. The highest BCUT2D eigenvalue weighted by Crippen LogP contribution is 2.32. The lowest BCUT2D eigenvalue weighted by molar-refractivity contribution is -0.141. The molecule has 8 heteroatoms. The van der Waals surface area contributed by atoms with Gasteiger partial charge in [-0.15, -0.1) is 12.4 Å². The number of esters is 1. The normalized spacial score (nSPS) is 11.3. The van der Waals surface area contributed by atoms with Crippen LogP contribution in [0.4, 0.5) is 0 Å². The van der Waals surface area contributed by atoms with Crippen LogP contribution in [0.2, 0.25) is 0 Å². The lowest BCUT2D eigenvalue weighted by atomic mass is 10.0. The number of carboxylic acid groups (broad SMARTS) is 1. The Balaban J connectivity index is 0.00000324. The van der Waals surface area contributed by atoms with Gasteiger partial charge in [-0.25, -0.2) is 4.79 Å². The molecule has 0 unspecified atom stereocenters. The number of phenols is 1. The second-order valence-corrected chi connectivity index (χ2v) is 4.50. The third-order valence-electron chi connectivity index (χ3n) is 2.35. The summed E-state index contributed by atoms with van der Waals surface area (Å²) in [5.74, 6) is -2.26. The number of carbonyl (C=O) groups excluding carboxylic acids is 1. The molecule has 0 bridgehead atoms. The Morgan fingerprint density at radius 2 is 2.05 bits per heavy atom. The maximum absolute atomic E-state index is 11.1. The van der Waals surface area contributed by atoms with Crippen molar-refractivity contribution in [3.05, 3.63) is 27.7 Å². The summed E-state index contributed by atoms with van der Waals surface area (Å²) in [6, 6.07) is 1.88. The molecule has 6 nitrogen and oxygen atoms in total. The van der Waals surface area contributed by atoms with Crippen molar-refractivity contribution in [1.29, 1.82) is 0 Å². The SMILES string of the molecule is COC(=O)C[C@@H](N)c1cc(Br)cc(C(=O)O)c1O.Cl. The van der Waals surface area contributed by atoms with Crippen LogP contribution in [0.1, 0.15) is 28.4 Å². The first-order valence-electron chi connectivity index (χ1n) is 4.95. The molecule has 0 aliphatic carbocycles. The highest BCUT2D eigenvalue weighted by atomic mass is 79.9. The zero-order valence-electron chi connectivity index (χ0n) is 9.92. The lowest BCUT2D eigenvalue weighted by Gasteiger charge is -2.14. The largest absolute Gasteiger partial charge is 0.507 e. The first-order chi connectivity index (χ1) is 8.36. The average molecular weight is 355 g/mol. The van der Waals surface area contributed by atoms with Crippen LogP contribution in [-0.2, 0) is 9.53 Å². The lowest BCUT2D eigenvalue weighted by Crippen LogP contribution is -2.17. The highest BCUT2D eigenvalue weighted by molar-refractivity contribution is 9.10. The number of methoxy groups -OCH3 is 1. The molecule has 0 fully saturated rings. The summed E-state index contributed by atoms with van der Waals surface area (Å²) in [6.07, 6.45) is -0.153. The molecule has 4 N–H and O–H groups in total. The molecule has 0 aliphatic heterocycles. The molecule has 19 heavy (non-hydrogen) atoms. The number of halogens is 2. The van der Waals surface area contributed by atoms with Crippen molar-refractivity contribution in [3.63, 3.8) is 0 Å². The van der Waals surface area contributed by atoms with Crippen LogP contribution in [-0.4, -0.2) is 29.3 Å². The smallest absolute Gasteiger partial charge is 0.339 e. The van der Waals surface area contributed by atoms with Gasteiger partial charge >= 0.3 is 11.9 Å². The molecule has 0 saturated heterocycles. The number of hydrogen-bond donors (Lipinski definition) is 3. The molecule has 106 valence electrons. The van der Waals surface area contributed by atoms with Crippen molar-refractivity contribution in [2.45, 2.75) is 12.5 Å². The molecule has 0 saturated carbocycles. The minimum Gasteiger partial charge on any atom is -0.507 e. The third-order valence-corrected chi connectivity index (χ3v) is 2.81. The van der Waals surface area contributed by atoms with Crippen LogP contribution in [0.3, 0.4) is 0 Å². The monoisotopic (exact) mass is 353 g/mol. The van der Waals surface area contributed by atoms with E-state index in [1.807, 2.05) is 0 Å². The predicted octanol–water partition coefficient (Wildman–Crippen LogP) is 1.84. The van der Waals surface area contributed by atoms with E-state index in [4.69, 9.17) is 10.8 Å². The molecule has 1 atom stereocenters. The second kappa shape index (κ2) is 7.32. The molecular weight excluding hydrogens is 341 g/mol. The Morgan fingerprint density at radius 1 is 1.47 bits per heavy atom. The van der Waals surface area contributed by atoms with E-state index in [0.717, 1.165) is 0 Å². The Morgan fingerprint density at radius 3 is 2.53 bits per heavy atom. The van der Waals surface area contributed by atoms with Gasteiger partial charge in [0.15, 0.2) is 0 Å². The summed E-state index contributed by atoms with van der Waals surface area (Å²) >= 11 is 3.12. The van der Waals surface area contributed by atoms with Crippen molar-refractivity contribution >= 4 is 40.3 Å². The van der Waals surface area contributed by atoms with E-state index in [2.05, 4.69) is 20.7 Å². The van der Waals surface area contributed by atoms with Crippen LogP contribution < -0.4 is 5.73 Å². The molecule has 0 amide bonds. The van der Waals surface area contributed by atoms with Gasteiger partial charge in [0.05, 0.1) is 13.5 Å². The second-order valence-electron chi connectivity index (χ2n) is 3.58. The number of carboxylic acids is 1. The van der Waals surface area contributed by atoms with Gasteiger partial charge in [0.25, 0.3) is 0 Å². The molecule has 1 aromatic rings. The fourth-order valence-corrected chi connectivity index (χ4v) is 1.91. The molecule has 0 heterocycles. The minimum absolute atomic E-state index is 0. The predicted molar refractivity (Wildman–Crippen MR) is 73.6 cm³/mol. The number of aromatic carboxylic acids is 1. The van der Waals surface area contributed by atoms with Crippen molar-refractivity contribution in [3.8, 4) is 5.75 Å². The van der Waals surface area contributed by atoms with Gasteiger partial charge in [-0.2, -0.15) is 0 Å². The van der Waals surface area contributed by atoms with Crippen LogP contribution in [0.5, 0.6) is 5.75 Å². The van der Waals surface area contributed by atoms with Crippen LogP contribution in [0.15, 0.2) is 16.6 Å². The Bertz CT molecular complexity index is 494. The number of nitrogens with two attached hydrogens (primary N) is 1. The first-order valence-corrected chi connectivity index (χ1v) is 5.74. The van der Waals surface area contributed by atoms with Gasteiger partial charge in [0.2, 0.25) is 0 Å². The Hall–Kier alpha value is -1.31. The molecule has 0 aliphatic rings. The summed E-state index contributed by atoms with van der Waals surface area (Å²) in [5, 5.41) is 18.7. The fourth-order valence-electron chi connectivity index (χ4n) is 1.44. The Kier molecular flexibility index (Phi) is 6.82. The van der Waals surface area contributed by atoms with Crippen molar-refractivity contribution in [2.24, 2.45) is 5.73 Å². The molecule has 1 aromatic carbocycles. The maximum atomic E-state index is 11.1. The highest BCUT2D eigenvalue weighted by Gasteiger charge is 2.21. The van der Waals surface area contributed by atoms with E-state index in [0.29, 0.717) is 4.47 Å². The zero-order chi connectivity index (χ0) is 13.9. The summed E-state index contributed by atoms with van der Waals surface area (Å²) in [7, 11) is 1.22. The van der Waals surface area contributed by atoms with Crippen LogP contribution in [0, 0.1) is 0 Å². The molecule has 0 spiro atoms. The number of hydrogen-bond acceptors (Lipinski definition) is 5. The van der Waals surface area contributed by atoms with Gasteiger partial charge < -0.3 is 20.7 Å². The van der Waals surface area contributed by atoms with Crippen LogP contribution in [0.25, 0.3) is 0 Å². The quantitative estimate of drug-likeness (QED) is 0.712. The number of rotatable bonds is 4. The first kappa shape index (κ1) is 17.7. The van der Waals surface area contributed by atoms with E-state index < -0.39 is 23.7 Å². The number of ether oxygens (including phenoxy) is 1. The molecule has 1 rings (SSSR count). The number of carbonyl (C=O) groups is 2. The van der Waals surface area contributed by atoms with E-state index in [1.165, 1.54) is 19.2 Å². The van der Waals surface area contributed by atoms with Gasteiger partial charge in [0, 0.05) is 16.1 Å². The van der Waals surface area contributed by atoms with Gasteiger partial charge in [-0.3, -0.25) is 4.79 Å². The van der Waals surface area contributed by atoms with E-state index in [9.17, 15) is 14.7 Å². The molecular formula is C11H13BrClNO5. The van der Waals surface area contributed by atoms with Crippen LogP contribution >= 0.6 is 28.3 Å². The Labute approximate surface area is 124 Å². The minimum atomic E-state index is -1.28. The van der Waals surface area contributed by atoms with E-state index >= 15 is 0 Å². The van der Waals surface area contributed by atoms with Gasteiger partial charge in [-0.1, -0.05) is 15.9 Å². The number of aromatic hydroxyl groups is 1. The van der Waals surface area contributed by atoms with E-state index in [1.54, 1.807) is 0 Å². The van der Waals surface area contributed by atoms with Gasteiger partial charge in [0.1, 0.15) is 11.3 Å². The standard InChI is InChI=1S/C11H12BrNO5.ClH/c1-18-9(14)4-8(13)6-2-5(12)3-7(10(6)15)11(16)17;/h2-3,8,15H,4,13H2,1H3,(H,16,17);1H/t8-;/m1./s1. The zero-order valence-corrected chi connectivity index (χ0v) is 12.3. The van der Waals surface area contributed by atoms with Crippen molar-refractivity contribution in [1.82, 2.24) is 0 Å². The average Bonchev–Trinajstić information content (AvgIpc) is 2.30. The summed E-state index contributed by atoms with van der Waals surface area (Å²) in [4.78, 5) is 22.0. The summed E-state index contributed by atoms with van der Waals surface area (Å²) in [5.41, 5.74) is 5.63. The van der Waals surface area contributed by atoms with E-state index in [-0.39, 0.29) is 30.0 Å². The summed E-state index contributed by atoms with van der Waals surface area (Å²) < 4.78 is 4.91.